The van der Waals surface area contributed by atoms with Crippen molar-refractivity contribution in [3.63, 3.8) is 0 Å². The molecule has 2 heterocycles. The predicted molar refractivity (Wildman–Crippen MR) is 120 cm³/mol. The van der Waals surface area contributed by atoms with E-state index in [9.17, 15) is 0 Å². The van der Waals surface area contributed by atoms with Crippen molar-refractivity contribution in [2.75, 3.05) is 16.8 Å². The van der Waals surface area contributed by atoms with Gasteiger partial charge in [-0.15, -0.1) is 0 Å². The molecule has 0 unspecified atom stereocenters. The Labute approximate surface area is 174 Å². The minimum Gasteiger partial charge on any atom is -0.453 e. The van der Waals surface area contributed by atoms with E-state index in [0.29, 0.717) is 0 Å². The summed E-state index contributed by atoms with van der Waals surface area (Å²) in [6.45, 7) is 0. The maximum Gasteiger partial charge on any atom is 0.151 e. The molecule has 0 amide bonds. The summed E-state index contributed by atoms with van der Waals surface area (Å²) in [7, 11) is 2.14. The Kier molecular flexibility index (Phi) is 3.61. The molecule has 0 aliphatic carbocycles. The van der Waals surface area contributed by atoms with Gasteiger partial charge < -0.3 is 14.5 Å². The van der Waals surface area contributed by atoms with Crippen LogP contribution in [0.5, 0.6) is 11.5 Å². The van der Waals surface area contributed by atoms with E-state index in [1.54, 1.807) is 0 Å². The number of anilines is 5. The van der Waals surface area contributed by atoms with E-state index < -0.39 is 0 Å². The number of ether oxygens (including phenoxy) is 1. The number of hydrogen-bond acceptors (Lipinski definition) is 4. The number of nitrogens with zero attached hydrogens (tertiary/aromatic N) is 2. The second-order valence-corrected chi connectivity index (χ2v) is 8.24. The van der Waals surface area contributed by atoms with Gasteiger partial charge in [0.1, 0.15) is 0 Å². The third-order valence-corrected chi connectivity index (χ3v) is 6.57. The van der Waals surface area contributed by atoms with Crippen LogP contribution in [0, 0.1) is 0 Å². The summed E-state index contributed by atoms with van der Waals surface area (Å²) in [5.41, 5.74) is 5.69. The van der Waals surface area contributed by atoms with Crippen LogP contribution in [-0.2, 0) is 0 Å². The molecule has 0 bridgehead atoms. The molecule has 4 aromatic carbocycles. The molecule has 0 saturated carbocycles. The molecule has 0 N–H and O–H groups in total. The maximum absolute atomic E-state index is 6.15. The lowest BCUT2D eigenvalue weighted by Crippen LogP contribution is -2.18. The Balaban J connectivity index is 1.52. The fourth-order valence-corrected chi connectivity index (χ4v) is 5.17. The van der Waals surface area contributed by atoms with Crippen LogP contribution >= 0.6 is 11.8 Å². The van der Waals surface area contributed by atoms with Crippen LogP contribution in [0.3, 0.4) is 0 Å². The van der Waals surface area contributed by atoms with Gasteiger partial charge in [0.15, 0.2) is 11.5 Å². The molecule has 0 saturated heterocycles. The fraction of sp³-hybridized carbons (Fsp3) is 0.0400. The summed E-state index contributed by atoms with van der Waals surface area (Å²) in [6.07, 6.45) is 0. The van der Waals surface area contributed by atoms with Crippen molar-refractivity contribution in [2.45, 2.75) is 9.79 Å². The Hall–Kier alpha value is -3.37. The first-order chi connectivity index (χ1) is 14.3. The molecular weight excluding hydrogens is 376 g/mol. The first-order valence-electron chi connectivity index (χ1n) is 9.60. The maximum atomic E-state index is 6.15. The van der Waals surface area contributed by atoms with E-state index in [1.807, 2.05) is 36.0 Å². The molecule has 2 aliphatic heterocycles. The fourth-order valence-electron chi connectivity index (χ4n) is 4.04. The second kappa shape index (κ2) is 6.33. The molecule has 0 radical (unpaired) electrons. The summed E-state index contributed by atoms with van der Waals surface area (Å²) in [5.74, 6) is 1.74. The highest BCUT2D eigenvalue weighted by atomic mass is 32.2. The van der Waals surface area contributed by atoms with Crippen molar-refractivity contribution in [3.8, 4) is 11.5 Å². The number of fused-ring (bicyclic) bond motifs is 4. The standard InChI is InChI=1S/C25H18N2OS/c1-26-20-10-4-7-13-24(20)29-25-15-14-17(16-21(25)26)27-18-8-2-5-11-22(18)28-23-12-6-3-9-19(23)27/h2-16H,1H3. The minimum absolute atomic E-state index is 0.872. The molecule has 140 valence electrons. The zero-order chi connectivity index (χ0) is 19.4. The highest BCUT2D eigenvalue weighted by Crippen LogP contribution is 2.53. The van der Waals surface area contributed by atoms with E-state index in [-0.39, 0.29) is 0 Å². The number of hydrogen-bond donors (Lipinski definition) is 0. The van der Waals surface area contributed by atoms with Gasteiger partial charge in [-0.25, -0.2) is 0 Å². The molecule has 3 nitrogen and oxygen atoms in total. The lowest BCUT2D eigenvalue weighted by Gasteiger charge is -2.35. The zero-order valence-electron chi connectivity index (χ0n) is 15.9. The predicted octanol–water partition coefficient (Wildman–Crippen LogP) is 7.49. The smallest absolute Gasteiger partial charge is 0.151 e. The Morgan fingerprint density at radius 3 is 1.93 bits per heavy atom. The summed E-state index contributed by atoms with van der Waals surface area (Å²) in [4.78, 5) is 7.12. The van der Waals surface area contributed by atoms with Crippen molar-refractivity contribution >= 4 is 40.2 Å². The Morgan fingerprint density at radius 2 is 1.21 bits per heavy atom. The lowest BCUT2D eigenvalue weighted by molar-refractivity contribution is 0.477. The third-order valence-electron chi connectivity index (χ3n) is 5.44. The summed E-state index contributed by atoms with van der Waals surface area (Å²) in [5, 5.41) is 0. The van der Waals surface area contributed by atoms with Crippen LogP contribution in [0.15, 0.2) is 101 Å². The zero-order valence-corrected chi connectivity index (χ0v) is 16.7. The van der Waals surface area contributed by atoms with Gasteiger partial charge in [-0.3, -0.25) is 0 Å². The largest absolute Gasteiger partial charge is 0.453 e. The average molecular weight is 394 g/mol. The van der Waals surface area contributed by atoms with Crippen molar-refractivity contribution in [2.24, 2.45) is 0 Å². The number of rotatable bonds is 1. The van der Waals surface area contributed by atoms with Crippen LogP contribution in [0.25, 0.3) is 0 Å². The van der Waals surface area contributed by atoms with E-state index in [4.69, 9.17) is 4.74 Å². The van der Waals surface area contributed by atoms with Crippen LogP contribution in [0.4, 0.5) is 28.4 Å². The summed E-state index contributed by atoms with van der Waals surface area (Å²) >= 11 is 1.83. The van der Waals surface area contributed by atoms with Gasteiger partial charge >= 0.3 is 0 Å². The second-order valence-electron chi connectivity index (χ2n) is 7.15. The van der Waals surface area contributed by atoms with Gasteiger partial charge in [0, 0.05) is 22.5 Å². The first-order valence-corrected chi connectivity index (χ1v) is 10.4. The van der Waals surface area contributed by atoms with E-state index in [2.05, 4.69) is 83.6 Å². The highest BCUT2D eigenvalue weighted by molar-refractivity contribution is 7.99. The van der Waals surface area contributed by atoms with Crippen molar-refractivity contribution in [1.29, 1.82) is 0 Å². The van der Waals surface area contributed by atoms with E-state index in [0.717, 1.165) is 28.6 Å². The van der Waals surface area contributed by atoms with Crippen LogP contribution < -0.4 is 14.5 Å². The van der Waals surface area contributed by atoms with Gasteiger partial charge in [0.25, 0.3) is 0 Å². The Bertz CT molecular complexity index is 1210. The molecular formula is C25H18N2OS. The molecule has 29 heavy (non-hydrogen) atoms. The van der Waals surface area contributed by atoms with E-state index in [1.165, 1.54) is 21.2 Å². The first kappa shape index (κ1) is 16.6. The van der Waals surface area contributed by atoms with Crippen molar-refractivity contribution < 1.29 is 4.74 Å². The Morgan fingerprint density at radius 1 is 0.621 bits per heavy atom. The molecule has 0 aromatic heterocycles. The SMILES string of the molecule is CN1c2ccccc2Sc2ccc(N3c4ccccc4Oc4ccccc43)cc21. The van der Waals surface area contributed by atoms with Gasteiger partial charge in [-0.05, 0) is 54.6 Å². The summed E-state index contributed by atoms with van der Waals surface area (Å²) in [6, 6.07) is 31.7. The van der Waals surface area contributed by atoms with Crippen LogP contribution in [-0.4, -0.2) is 7.05 Å². The van der Waals surface area contributed by atoms with Gasteiger partial charge in [0.05, 0.1) is 22.7 Å². The molecule has 0 spiro atoms. The van der Waals surface area contributed by atoms with E-state index >= 15 is 0 Å². The van der Waals surface area contributed by atoms with Crippen LogP contribution in [0.2, 0.25) is 0 Å². The number of para-hydroxylation sites is 5. The van der Waals surface area contributed by atoms with Gasteiger partial charge in [-0.2, -0.15) is 0 Å². The third kappa shape index (κ3) is 2.53. The van der Waals surface area contributed by atoms with Crippen LogP contribution in [0.1, 0.15) is 0 Å². The molecule has 0 atom stereocenters. The monoisotopic (exact) mass is 394 g/mol. The quantitative estimate of drug-likeness (QED) is 0.292. The normalized spacial score (nSPS) is 13.7. The summed E-state index contributed by atoms with van der Waals surface area (Å²) < 4.78 is 6.15. The highest BCUT2D eigenvalue weighted by Gasteiger charge is 2.27. The average Bonchev–Trinajstić information content (AvgIpc) is 2.77. The topological polar surface area (TPSA) is 15.7 Å². The lowest BCUT2D eigenvalue weighted by atomic mass is 10.1. The molecule has 4 heteroatoms. The molecule has 2 aliphatic rings. The molecule has 6 rings (SSSR count). The van der Waals surface area contributed by atoms with Gasteiger partial charge in [-0.1, -0.05) is 48.2 Å². The number of benzene rings is 4. The van der Waals surface area contributed by atoms with Crippen molar-refractivity contribution in [1.82, 2.24) is 0 Å². The minimum atomic E-state index is 0.872. The van der Waals surface area contributed by atoms with Crippen molar-refractivity contribution in [3.05, 3.63) is 91.0 Å². The molecule has 0 fully saturated rings. The molecule has 4 aromatic rings. The van der Waals surface area contributed by atoms with Gasteiger partial charge in [0.2, 0.25) is 0 Å².